The minimum Gasteiger partial charge on any atom is -0.356 e. The van der Waals surface area contributed by atoms with Gasteiger partial charge in [0.1, 0.15) is 0 Å². The smallest absolute Gasteiger partial charge is 0.292 e. The monoisotopic (exact) mass is 426 g/mol. The van der Waals surface area contributed by atoms with Crippen LogP contribution in [0.5, 0.6) is 0 Å². The molecule has 0 radical (unpaired) electrons. The Bertz CT molecular complexity index is 1020. The Morgan fingerprint density at radius 1 is 1.20 bits per heavy atom. The van der Waals surface area contributed by atoms with Gasteiger partial charge in [0.05, 0.1) is 16.8 Å². The van der Waals surface area contributed by atoms with E-state index in [1.165, 1.54) is 38.3 Å². The maximum atomic E-state index is 11.7. The van der Waals surface area contributed by atoms with Crippen molar-refractivity contribution in [1.82, 2.24) is 19.7 Å². The van der Waals surface area contributed by atoms with Crippen molar-refractivity contribution in [3.63, 3.8) is 0 Å². The van der Waals surface area contributed by atoms with Gasteiger partial charge in [0.2, 0.25) is 11.1 Å². The van der Waals surface area contributed by atoms with E-state index in [0.29, 0.717) is 11.1 Å². The summed E-state index contributed by atoms with van der Waals surface area (Å²) in [6, 6.07) is 9.12. The molecule has 1 aliphatic heterocycles. The molecular weight excluding hydrogens is 400 g/mol. The zero-order valence-corrected chi connectivity index (χ0v) is 17.8. The number of benzene rings is 1. The first kappa shape index (κ1) is 20.5. The van der Waals surface area contributed by atoms with Gasteiger partial charge in [-0.05, 0) is 23.9 Å². The Hall–Kier alpha value is -2.81. The minimum atomic E-state index is -0.653. The first-order chi connectivity index (χ1) is 14.7. The molecule has 0 fully saturated rings. The molecule has 158 valence electrons. The van der Waals surface area contributed by atoms with E-state index in [1.54, 1.807) is 16.4 Å². The molecular formula is C21H26N6O2S. The molecule has 0 aliphatic carbocycles. The van der Waals surface area contributed by atoms with E-state index >= 15 is 0 Å². The molecule has 0 saturated carbocycles. The largest absolute Gasteiger partial charge is 0.356 e. The van der Waals surface area contributed by atoms with Crippen LogP contribution in [-0.2, 0) is 0 Å². The summed E-state index contributed by atoms with van der Waals surface area (Å²) in [5, 5.41) is 20.9. The fourth-order valence-electron chi connectivity index (χ4n) is 3.72. The number of thioether (sulfide) groups is 1. The van der Waals surface area contributed by atoms with Crippen molar-refractivity contribution in [1.29, 1.82) is 0 Å². The lowest BCUT2D eigenvalue weighted by molar-refractivity contribution is -0.431. The SMILES string of the molecule is CCCCCCCCSc1nc2n(n1)C(c1cc3ccccc3[nH]1)C([N+](=O)[O-])=CN2. The summed E-state index contributed by atoms with van der Waals surface area (Å²) in [5.74, 6) is 1.47. The summed E-state index contributed by atoms with van der Waals surface area (Å²) >= 11 is 1.60. The Kier molecular flexibility index (Phi) is 6.37. The Morgan fingerprint density at radius 3 is 2.80 bits per heavy atom. The lowest BCUT2D eigenvalue weighted by Crippen LogP contribution is -2.25. The van der Waals surface area contributed by atoms with Crippen LogP contribution in [-0.4, -0.2) is 30.4 Å². The Balaban J connectivity index is 1.51. The molecule has 0 bridgehead atoms. The van der Waals surface area contributed by atoms with Gasteiger partial charge < -0.3 is 10.3 Å². The van der Waals surface area contributed by atoms with Gasteiger partial charge in [-0.15, -0.1) is 5.10 Å². The standard InChI is InChI=1S/C21H26N6O2S/c1-2-3-4-5-6-9-12-30-21-24-20-22-14-18(27(28)29)19(26(20)25-21)17-13-15-10-7-8-11-16(15)23-17/h7-8,10-11,13-14,19,23H,2-6,9,12H2,1H3,(H,22,24,25). The number of hydrogen-bond acceptors (Lipinski definition) is 6. The number of hydrogen-bond donors (Lipinski definition) is 2. The quantitative estimate of drug-likeness (QED) is 0.196. The molecule has 4 rings (SSSR count). The Labute approximate surface area is 179 Å². The van der Waals surface area contributed by atoms with Crippen molar-refractivity contribution < 1.29 is 4.92 Å². The molecule has 8 nitrogen and oxygen atoms in total. The number of aromatic amines is 1. The molecule has 1 aromatic carbocycles. The highest BCUT2D eigenvalue weighted by Gasteiger charge is 2.36. The number of nitrogens with zero attached hydrogens (tertiary/aromatic N) is 4. The first-order valence-electron chi connectivity index (χ1n) is 10.5. The molecule has 30 heavy (non-hydrogen) atoms. The van der Waals surface area contributed by atoms with Gasteiger partial charge >= 0.3 is 0 Å². The molecule has 1 aliphatic rings. The number of anilines is 1. The number of unbranched alkanes of at least 4 members (excludes halogenated alkanes) is 5. The molecule has 2 N–H and O–H groups in total. The minimum absolute atomic E-state index is 0.0337. The van der Waals surface area contributed by atoms with Gasteiger partial charge in [-0.1, -0.05) is 69.0 Å². The molecule has 0 spiro atoms. The molecule has 3 aromatic rings. The van der Waals surface area contributed by atoms with E-state index in [2.05, 4.69) is 27.3 Å². The number of nitro groups is 1. The number of rotatable bonds is 10. The van der Waals surface area contributed by atoms with Gasteiger partial charge in [-0.2, -0.15) is 4.98 Å². The number of nitrogens with one attached hydrogen (secondary N) is 2. The highest BCUT2D eigenvalue weighted by molar-refractivity contribution is 7.99. The average Bonchev–Trinajstić information content (AvgIpc) is 3.35. The van der Waals surface area contributed by atoms with E-state index in [4.69, 9.17) is 0 Å². The van der Waals surface area contributed by atoms with Crippen LogP contribution < -0.4 is 5.32 Å². The average molecular weight is 427 g/mol. The predicted octanol–water partition coefficient (Wildman–Crippen LogP) is 5.35. The molecule has 0 saturated heterocycles. The normalized spacial score (nSPS) is 15.6. The lowest BCUT2D eigenvalue weighted by atomic mass is 10.1. The third-order valence-electron chi connectivity index (χ3n) is 5.27. The predicted molar refractivity (Wildman–Crippen MR) is 119 cm³/mol. The third-order valence-corrected chi connectivity index (χ3v) is 6.19. The number of aromatic nitrogens is 4. The van der Waals surface area contributed by atoms with Crippen molar-refractivity contribution in [2.24, 2.45) is 0 Å². The first-order valence-corrected chi connectivity index (χ1v) is 11.4. The molecule has 1 unspecified atom stereocenters. The van der Waals surface area contributed by atoms with E-state index in [9.17, 15) is 10.1 Å². The number of para-hydroxylation sites is 1. The van der Waals surface area contributed by atoms with Gasteiger partial charge in [-0.25, -0.2) is 4.68 Å². The molecule has 0 amide bonds. The van der Waals surface area contributed by atoms with Crippen molar-refractivity contribution in [2.45, 2.75) is 56.6 Å². The Morgan fingerprint density at radius 2 is 2.00 bits per heavy atom. The summed E-state index contributed by atoms with van der Waals surface area (Å²) in [4.78, 5) is 19.2. The maximum absolute atomic E-state index is 11.7. The van der Waals surface area contributed by atoms with E-state index in [0.717, 1.165) is 28.8 Å². The van der Waals surface area contributed by atoms with Gasteiger partial charge in [0, 0.05) is 11.3 Å². The second-order valence-corrected chi connectivity index (χ2v) is 8.53. The molecule has 2 aromatic heterocycles. The summed E-state index contributed by atoms with van der Waals surface area (Å²) in [6.45, 7) is 2.22. The highest BCUT2D eigenvalue weighted by atomic mass is 32.2. The second-order valence-electron chi connectivity index (χ2n) is 7.46. The zero-order chi connectivity index (χ0) is 20.9. The zero-order valence-electron chi connectivity index (χ0n) is 17.0. The van der Waals surface area contributed by atoms with E-state index in [-0.39, 0.29) is 10.6 Å². The summed E-state index contributed by atoms with van der Waals surface area (Å²) in [5.41, 5.74) is 1.69. The van der Waals surface area contributed by atoms with Crippen LogP contribution in [0, 0.1) is 10.1 Å². The van der Waals surface area contributed by atoms with Crippen LogP contribution in [0.1, 0.15) is 57.2 Å². The van der Waals surface area contributed by atoms with Gasteiger partial charge in [-0.3, -0.25) is 10.1 Å². The fraction of sp³-hybridized carbons (Fsp3) is 0.429. The highest BCUT2D eigenvalue weighted by Crippen LogP contribution is 2.34. The van der Waals surface area contributed by atoms with Crippen molar-refractivity contribution >= 4 is 28.6 Å². The van der Waals surface area contributed by atoms with Crippen LogP contribution in [0.4, 0.5) is 5.95 Å². The topological polar surface area (TPSA) is 102 Å². The summed E-state index contributed by atoms with van der Waals surface area (Å²) in [6.07, 6.45) is 8.87. The lowest BCUT2D eigenvalue weighted by Gasteiger charge is -2.19. The van der Waals surface area contributed by atoms with Crippen LogP contribution in [0.3, 0.4) is 0 Å². The van der Waals surface area contributed by atoms with Crippen molar-refractivity contribution in [3.05, 3.63) is 58.0 Å². The van der Waals surface area contributed by atoms with Gasteiger partial charge in [0.25, 0.3) is 5.70 Å². The molecule has 9 heteroatoms. The summed E-state index contributed by atoms with van der Waals surface area (Å²) < 4.78 is 1.62. The fourth-order valence-corrected chi connectivity index (χ4v) is 4.55. The second kappa shape index (κ2) is 9.34. The van der Waals surface area contributed by atoms with Crippen molar-refractivity contribution in [3.8, 4) is 0 Å². The number of allylic oxidation sites excluding steroid dienone is 1. The van der Waals surface area contributed by atoms with Crippen LogP contribution in [0.2, 0.25) is 0 Å². The van der Waals surface area contributed by atoms with Crippen molar-refractivity contribution in [2.75, 3.05) is 11.1 Å². The maximum Gasteiger partial charge on any atom is 0.292 e. The molecule has 3 heterocycles. The number of fused-ring (bicyclic) bond motifs is 2. The van der Waals surface area contributed by atoms with E-state index in [1.807, 2.05) is 30.3 Å². The van der Waals surface area contributed by atoms with E-state index < -0.39 is 6.04 Å². The molecule has 1 atom stereocenters. The number of H-pyrrole nitrogens is 1. The summed E-state index contributed by atoms with van der Waals surface area (Å²) in [7, 11) is 0. The van der Waals surface area contributed by atoms with Crippen LogP contribution in [0.25, 0.3) is 10.9 Å². The van der Waals surface area contributed by atoms with Crippen LogP contribution >= 0.6 is 11.8 Å². The third kappa shape index (κ3) is 4.35. The van der Waals surface area contributed by atoms with Crippen LogP contribution in [0.15, 0.2) is 47.4 Å². The van der Waals surface area contributed by atoms with Gasteiger partial charge in [0.15, 0.2) is 6.04 Å².